The molecule has 31 heavy (non-hydrogen) atoms. The molecule has 0 radical (unpaired) electrons. The summed E-state index contributed by atoms with van der Waals surface area (Å²) in [5, 5.41) is 3.19. The van der Waals surface area contributed by atoms with E-state index in [1.165, 1.54) is 12.1 Å². The zero-order valence-corrected chi connectivity index (χ0v) is 18.3. The number of nitrogens with one attached hydrogen (secondary N) is 1. The lowest BCUT2D eigenvalue weighted by Gasteiger charge is -2.29. The van der Waals surface area contributed by atoms with Crippen LogP contribution in [0.3, 0.4) is 0 Å². The third-order valence-electron chi connectivity index (χ3n) is 5.44. The van der Waals surface area contributed by atoms with E-state index < -0.39 is 11.7 Å². The van der Waals surface area contributed by atoms with Gasteiger partial charge in [0.1, 0.15) is 5.69 Å². The van der Waals surface area contributed by atoms with E-state index in [1.807, 2.05) is 11.0 Å². The highest BCUT2D eigenvalue weighted by atomic mass is 35.5. The molecule has 1 aromatic heterocycles. The van der Waals surface area contributed by atoms with Gasteiger partial charge in [0.15, 0.2) is 0 Å². The lowest BCUT2D eigenvalue weighted by atomic mass is 10.0. The van der Waals surface area contributed by atoms with Gasteiger partial charge in [-0.1, -0.05) is 43.9 Å². The van der Waals surface area contributed by atoms with Crippen LogP contribution >= 0.6 is 11.6 Å². The van der Waals surface area contributed by atoms with Crippen molar-refractivity contribution in [2.75, 3.05) is 13.1 Å². The molecule has 0 saturated carbocycles. The van der Waals surface area contributed by atoms with Crippen LogP contribution in [0, 0.1) is 0 Å². The second-order valence-corrected chi connectivity index (χ2v) is 8.32. The fourth-order valence-corrected chi connectivity index (χ4v) is 3.99. The molecule has 3 rings (SSSR count). The van der Waals surface area contributed by atoms with Crippen molar-refractivity contribution in [3.05, 3.63) is 63.4 Å². The fourth-order valence-electron chi connectivity index (χ4n) is 3.79. The van der Waals surface area contributed by atoms with E-state index in [1.54, 1.807) is 6.07 Å². The van der Waals surface area contributed by atoms with Crippen LogP contribution in [0.2, 0.25) is 5.02 Å². The van der Waals surface area contributed by atoms with Gasteiger partial charge in [0.25, 0.3) is 5.91 Å². The van der Waals surface area contributed by atoms with Gasteiger partial charge >= 0.3 is 6.18 Å². The number of unbranched alkanes of at least 4 members (excludes halogenated alkanes) is 3. The van der Waals surface area contributed by atoms with Crippen molar-refractivity contribution in [3.8, 4) is 0 Å². The van der Waals surface area contributed by atoms with Gasteiger partial charge in [-0.15, -0.1) is 0 Å². The van der Waals surface area contributed by atoms with E-state index in [2.05, 4.69) is 17.2 Å². The van der Waals surface area contributed by atoms with Crippen molar-refractivity contribution in [2.24, 2.45) is 0 Å². The second-order valence-electron chi connectivity index (χ2n) is 7.88. The summed E-state index contributed by atoms with van der Waals surface area (Å²) in [5.74, 6) is -0.185. The van der Waals surface area contributed by atoms with E-state index in [9.17, 15) is 18.0 Å². The summed E-state index contributed by atoms with van der Waals surface area (Å²) < 4.78 is 40.0. The van der Waals surface area contributed by atoms with E-state index >= 15 is 0 Å². The van der Waals surface area contributed by atoms with Crippen LogP contribution in [-0.2, 0) is 25.7 Å². The van der Waals surface area contributed by atoms with Crippen molar-refractivity contribution >= 4 is 17.5 Å². The molecule has 2 heterocycles. The molecule has 0 bridgehead atoms. The van der Waals surface area contributed by atoms with Gasteiger partial charge in [-0.2, -0.15) is 13.2 Å². The molecule has 0 spiro atoms. The van der Waals surface area contributed by atoms with Crippen molar-refractivity contribution in [2.45, 2.75) is 58.3 Å². The molecule has 168 valence electrons. The number of hydrogen-bond acceptors (Lipinski definition) is 3. The lowest BCUT2D eigenvalue weighted by Crippen LogP contribution is -2.32. The molecule has 0 saturated heterocycles. The first-order valence-corrected chi connectivity index (χ1v) is 11.0. The average Bonchev–Trinajstić information content (AvgIpc) is 2.72. The molecule has 1 amide bonds. The van der Waals surface area contributed by atoms with Crippen LogP contribution < -0.4 is 5.32 Å². The number of carbonyl (C=O) groups is 1. The average molecular weight is 454 g/mol. The van der Waals surface area contributed by atoms with Gasteiger partial charge in [0, 0.05) is 43.3 Å². The van der Waals surface area contributed by atoms with Crippen molar-refractivity contribution in [1.82, 2.24) is 15.2 Å². The third-order valence-corrected chi connectivity index (χ3v) is 5.68. The van der Waals surface area contributed by atoms with Gasteiger partial charge in [0.2, 0.25) is 0 Å². The SMILES string of the molecule is CCCCCCNC(=O)c1ccc2c(n1)CCN(Cc1cc(Cl)ccc1C(F)(F)F)C2. The predicted octanol–water partition coefficient (Wildman–Crippen LogP) is 5.62. The number of hydrogen-bond donors (Lipinski definition) is 1. The highest BCUT2D eigenvalue weighted by Gasteiger charge is 2.34. The maximum atomic E-state index is 13.3. The first-order chi connectivity index (χ1) is 14.8. The molecule has 1 aromatic carbocycles. The highest BCUT2D eigenvalue weighted by Crippen LogP contribution is 2.34. The van der Waals surface area contributed by atoms with E-state index in [-0.39, 0.29) is 23.0 Å². The van der Waals surface area contributed by atoms with Crippen LogP contribution in [0.5, 0.6) is 0 Å². The maximum absolute atomic E-state index is 13.3. The Balaban J connectivity index is 1.63. The Hall–Kier alpha value is -2.12. The van der Waals surface area contributed by atoms with Gasteiger partial charge in [-0.25, -0.2) is 4.98 Å². The second kappa shape index (κ2) is 10.5. The highest BCUT2D eigenvalue weighted by molar-refractivity contribution is 6.30. The van der Waals surface area contributed by atoms with Crippen LogP contribution in [0.15, 0.2) is 30.3 Å². The smallest absolute Gasteiger partial charge is 0.351 e. The number of rotatable bonds is 8. The molecule has 1 aliphatic rings. The minimum absolute atomic E-state index is 0.148. The predicted molar refractivity (Wildman–Crippen MR) is 115 cm³/mol. The summed E-state index contributed by atoms with van der Waals surface area (Å²) in [5.41, 5.74) is 1.65. The molecule has 0 atom stereocenters. The van der Waals surface area contributed by atoms with Crippen LogP contribution in [0.25, 0.3) is 0 Å². The number of alkyl halides is 3. The largest absolute Gasteiger partial charge is 0.416 e. The summed E-state index contributed by atoms with van der Waals surface area (Å²) >= 11 is 5.94. The Bertz CT molecular complexity index is 917. The van der Waals surface area contributed by atoms with Gasteiger partial charge in [0.05, 0.1) is 5.56 Å². The molecule has 0 fully saturated rings. The Labute approximate surface area is 185 Å². The molecule has 0 unspecified atom stereocenters. The Morgan fingerprint density at radius 2 is 2.00 bits per heavy atom. The molecule has 1 aliphatic heterocycles. The zero-order chi connectivity index (χ0) is 22.4. The van der Waals surface area contributed by atoms with Crippen LogP contribution in [0.1, 0.15) is 65.5 Å². The van der Waals surface area contributed by atoms with Crippen molar-refractivity contribution < 1.29 is 18.0 Å². The number of halogens is 4. The molecule has 8 heteroatoms. The third kappa shape index (κ3) is 6.43. The number of pyridine rings is 1. The lowest BCUT2D eigenvalue weighted by molar-refractivity contribution is -0.138. The van der Waals surface area contributed by atoms with Gasteiger partial charge in [-0.05, 0) is 41.8 Å². The number of nitrogens with zero attached hydrogens (tertiary/aromatic N) is 2. The Morgan fingerprint density at radius 3 is 2.74 bits per heavy atom. The standard InChI is InChI=1S/C23H27ClF3N3O/c1-2-3-4-5-11-28-22(31)21-9-6-16-14-30(12-10-20(16)29-21)15-17-13-18(24)7-8-19(17)23(25,26)27/h6-9,13H,2-5,10-12,14-15H2,1H3,(H,28,31). The van der Waals surface area contributed by atoms with Gasteiger partial charge < -0.3 is 5.32 Å². The number of fused-ring (bicyclic) bond motifs is 1. The minimum atomic E-state index is -4.42. The molecule has 1 N–H and O–H groups in total. The summed E-state index contributed by atoms with van der Waals surface area (Å²) in [7, 11) is 0. The van der Waals surface area contributed by atoms with E-state index in [4.69, 9.17) is 11.6 Å². The fraction of sp³-hybridized carbons (Fsp3) is 0.478. The Kier molecular flexibility index (Phi) is 7.94. The van der Waals surface area contributed by atoms with Crippen molar-refractivity contribution in [3.63, 3.8) is 0 Å². The molecule has 2 aromatic rings. The maximum Gasteiger partial charge on any atom is 0.416 e. The number of aromatic nitrogens is 1. The first kappa shape index (κ1) is 23.5. The number of amides is 1. The molecule has 4 nitrogen and oxygen atoms in total. The minimum Gasteiger partial charge on any atom is -0.351 e. The summed E-state index contributed by atoms with van der Waals surface area (Å²) in [6, 6.07) is 7.21. The summed E-state index contributed by atoms with van der Waals surface area (Å²) in [6.07, 6.45) is 0.494. The normalized spacial score (nSPS) is 14.4. The van der Waals surface area contributed by atoms with Crippen LogP contribution in [-0.4, -0.2) is 28.9 Å². The first-order valence-electron chi connectivity index (χ1n) is 10.6. The summed E-state index contributed by atoms with van der Waals surface area (Å²) in [6.45, 7) is 3.96. The number of benzene rings is 1. The molecule has 0 aliphatic carbocycles. The quantitative estimate of drug-likeness (QED) is 0.527. The summed E-state index contributed by atoms with van der Waals surface area (Å²) in [4.78, 5) is 18.8. The number of carbonyl (C=O) groups excluding carboxylic acids is 1. The van der Waals surface area contributed by atoms with Gasteiger partial charge in [-0.3, -0.25) is 9.69 Å². The molecular weight excluding hydrogens is 427 g/mol. The monoisotopic (exact) mass is 453 g/mol. The zero-order valence-electron chi connectivity index (χ0n) is 17.6. The van der Waals surface area contributed by atoms with E-state index in [0.717, 1.165) is 43.0 Å². The topological polar surface area (TPSA) is 45.2 Å². The molecular formula is C23H27ClF3N3O. The van der Waals surface area contributed by atoms with Crippen LogP contribution in [0.4, 0.5) is 13.2 Å². The van der Waals surface area contributed by atoms with Crippen molar-refractivity contribution in [1.29, 1.82) is 0 Å². The Morgan fingerprint density at radius 1 is 1.19 bits per heavy atom. The van der Waals surface area contributed by atoms with E-state index in [0.29, 0.717) is 31.7 Å².